The zero-order valence-electron chi connectivity index (χ0n) is 15.8. The summed E-state index contributed by atoms with van der Waals surface area (Å²) in [4.78, 5) is 25.8. The molecule has 0 saturated heterocycles. The molecular weight excluding hydrogens is 360 g/mol. The zero-order valence-corrected chi connectivity index (χ0v) is 15.8. The van der Waals surface area contributed by atoms with Gasteiger partial charge in [-0.15, -0.1) is 0 Å². The Balaban J connectivity index is 1.55. The number of para-hydroxylation sites is 1. The lowest BCUT2D eigenvalue weighted by Gasteiger charge is -2.35. The molecule has 2 aromatic carbocycles. The van der Waals surface area contributed by atoms with Crippen molar-refractivity contribution in [1.82, 2.24) is 5.32 Å². The summed E-state index contributed by atoms with van der Waals surface area (Å²) < 4.78 is 16.4. The number of anilines is 1. The third-order valence-corrected chi connectivity index (χ3v) is 4.30. The fourth-order valence-corrected chi connectivity index (χ4v) is 2.97. The molecule has 148 valence electrons. The molecular formula is C21H24N2O5. The van der Waals surface area contributed by atoms with Crippen LogP contribution in [0, 0.1) is 0 Å². The van der Waals surface area contributed by atoms with Gasteiger partial charge in [0.1, 0.15) is 13.3 Å². The lowest BCUT2D eigenvalue weighted by Crippen LogP contribution is -2.47. The highest BCUT2D eigenvalue weighted by atomic mass is 16.7. The molecule has 1 atom stereocenters. The van der Waals surface area contributed by atoms with E-state index in [9.17, 15) is 9.59 Å². The van der Waals surface area contributed by atoms with Crippen molar-refractivity contribution in [3.8, 4) is 0 Å². The molecule has 0 saturated carbocycles. The minimum atomic E-state index is -0.923. The van der Waals surface area contributed by atoms with Crippen LogP contribution in [-0.2, 0) is 32.0 Å². The lowest BCUT2D eigenvalue weighted by atomic mass is 10.0. The molecule has 2 amide bonds. The Labute approximate surface area is 164 Å². The van der Waals surface area contributed by atoms with Crippen LogP contribution in [0.5, 0.6) is 0 Å². The molecule has 0 radical (unpaired) electrons. The number of ether oxygens (including phenoxy) is 3. The summed E-state index contributed by atoms with van der Waals surface area (Å²) in [5.74, 6) is -0.0798. The number of hydrogen-bond donors (Lipinski definition) is 1. The summed E-state index contributed by atoms with van der Waals surface area (Å²) in [6.07, 6.45) is -0.455. The van der Waals surface area contributed by atoms with Gasteiger partial charge in [0.05, 0.1) is 5.69 Å². The van der Waals surface area contributed by atoms with Gasteiger partial charge in [-0.2, -0.15) is 0 Å². The average molecular weight is 384 g/mol. The van der Waals surface area contributed by atoms with E-state index >= 15 is 0 Å². The minimum absolute atomic E-state index is 0.0798. The van der Waals surface area contributed by atoms with E-state index in [0.29, 0.717) is 19.4 Å². The van der Waals surface area contributed by atoms with E-state index in [2.05, 4.69) is 5.32 Å². The summed E-state index contributed by atoms with van der Waals surface area (Å²) in [5, 5.41) is 2.52. The van der Waals surface area contributed by atoms with Crippen molar-refractivity contribution < 1.29 is 23.8 Å². The molecule has 1 N–H and O–H groups in total. The molecule has 28 heavy (non-hydrogen) atoms. The highest BCUT2D eigenvalue weighted by Crippen LogP contribution is 2.29. The standard InChI is InChI=1S/C21H24N2O5/c1-2-26-21(23-18-11-7-6-10-17(18)12-13-19(23)24)28-15-22-20(25)27-14-16-8-4-3-5-9-16/h3-11,21H,2,12-15H2,1H3,(H,22,25). The van der Waals surface area contributed by atoms with Crippen molar-refractivity contribution >= 4 is 17.7 Å². The first-order valence-electron chi connectivity index (χ1n) is 9.26. The van der Waals surface area contributed by atoms with E-state index in [0.717, 1.165) is 16.8 Å². The monoisotopic (exact) mass is 384 g/mol. The lowest BCUT2D eigenvalue weighted by molar-refractivity contribution is -0.154. The summed E-state index contributed by atoms with van der Waals surface area (Å²) in [7, 11) is 0. The number of fused-ring (bicyclic) bond motifs is 1. The maximum absolute atomic E-state index is 12.5. The molecule has 7 heteroatoms. The Morgan fingerprint density at radius 3 is 2.61 bits per heavy atom. The third kappa shape index (κ3) is 5.09. The van der Waals surface area contributed by atoms with Crippen LogP contribution in [0.1, 0.15) is 24.5 Å². The number of rotatable bonds is 8. The summed E-state index contributed by atoms with van der Waals surface area (Å²) >= 11 is 0. The normalized spacial score (nSPS) is 14.3. The van der Waals surface area contributed by atoms with Crippen molar-refractivity contribution in [2.24, 2.45) is 0 Å². The third-order valence-electron chi connectivity index (χ3n) is 4.30. The fourth-order valence-electron chi connectivity index (χ4n) is 2.97. The molecule has 7 nitrogen and oxygen atoms in total. The predicted molar refractivity (Wildman–Crippen MR) is 103 cm³/mol. The second-order valence-electron chi connectivity index (χ2n) is 6.20. The van der Waals surface area contributed by atoms with Crippen LogP contribution in [0.3, 0.4) is 0 Å². The van der Waals surface area contributed by atoms with Crippen LogP contribution < -0.4 is 10.2 Å². The number of nitrogens with one attached hydrogen (secondary N) is 1. The van der Waals surface area contributed by atoms with Gasteiger partial charge < -0.3 is 14.2 Å². The van der Waals surface area contributed by atoms with Crippen LogP contribution in [-0.4, -0.2) is 31.8 Å². The fraction of sp³-hybridized carbons (Fsp3) is 0.333. The van der Waals surface area contributed by atoms with Crippen molar-refractivity contribution in [3.63, 3.8) is 0 Å². The van der Waals surface area contributed by atoms with Crippen molar-refractivity contribution in [3.05, 3.63) is 65.7 Å². The van der Waals surface area contributed by atoms with Gasteiger partial charge in [-0.05, 0) is 30.5 Å². The summed E-state index contributed by atoms with van der Waals surface area (Å²) in [5.41, 5.74) is 2.72. The largest absolute Gasteiger partial charge is 0.445 e. The quantitative estimate of drug-likeness (QED) is 0.708. The number of aryl methyl sites for hydroxylation is 1. The molecule has 3 rings (SSSR count). The van der Waals surface area contributed by atoms with E-state index in [1.807, 2.05) is 61.5 Å². The predicted octanol–water partition coefficient (Wildman–Crippen LogP) is 3.19. The van der Waals surface area contributed by atoms with E-state index < -0.39 is 12.5 Å². The Morgan fingerprint density at radius 1 is 1.07 bits per heavy atom. The molecule has 0 aromatic heterocycles. The number of alkyl carbamates (subject to hydrolysis) is 1. The minimum Gasteiger partial charge on any atom is -0.445 e. The smallest absolute Gasteiger partial charge is 0.409 e. The summed E-state index contributed by atoms with van der Waals surface area (Å²) in [6, 6.07) is 17.0. The molecule has 0 spiro atoms. The van der Waals surface area contributed by atoms with Crippen LogP contribution in [0.4, 0.5) is 10.5 Å². The molecule has 1 aliphatic rings. The zero-order chi connectivity index (χ0) is 19.8. The van der Waals surface area contributed by atoms with Gasteiger partial charge in [0.25, 0.3) is 0 Å². The highest BCUT2D eigenvalue weighted by molar-refractivity contribution is 5.96. The van der Waals surface area contributed by atoms with E-state index in [1.165, 1.54) is 4.90 Å². The first-order valence-corrected chi connectivity index (χ1v) is 9.26. The second kappa shape index (κ2) is 9.87. The van der Waals surface area contributed by atoms with Crippen molar-refractivity contribution in [2.75, 3.05) is 18.2 Å². The topological polar surface area (TPSA) is 77.1 Å². The van der Waals surface area contributed by atoms with Crippen molar-refractivity contribution in [2.45, 2.75) is 32.8 Å². The molecule has 2 aromatic rings. The maximum atomic E-state index is 12.5. The van der Waals surface area contributed by atoms with Crippen molar-refractivity contribution in [1.29, 1.82) is 0 Å². The number of amides is 2. The molecule has 1 unspecified atom stereocenters. The maximum Gasteiger partial charge on any atom is 0.409 e. The Bertz CT molecular complexity index is 796. The van der Waals surface area contributed by atoms with Gasteiger partial charge in [0.15, 0.2) is 0 Å². The van der Waals surface area contributed by atoms with E-state index in [-0.39, 0.29) is 19.2 Å². The number of carbonyl (C=O) groups is 2. The van der Waals surface area contributed by atoms with Crippen LogP contribution >= 0.6 is 0 Å². The summed E-state index contributed by atoms with van der Waals surface area (Å²) in [6.45, 7) is 2.19. The van der Waals surface area contributed by atoms with Gasteiger partial charge in [-0.25, -0.2) is 4.79 Å². The molecule has 0 bridgehead atoms. The van der Waals surface area contributed by atoms with Gasteiger partial charge in [0.2, 0.25) is 12.3 Å². The molecule has 0 aliphatic carbocycles. The van der Waals surface area contributed by atoms with Gasteiger partial charge in [0, 0.05) is 13.0 Å². The number of carbonyl (C=O) groups excluding carboxylic acids is 2. The van der Waals surface area contributed by atoms with Gasteiger partial charge in [-0.1, -0.05) is 48.5 Å². The SMILES string of the molecule is CCOC(OCNC(=O)OCc1ccccc1)N1C(=O)CCc2ccccc21. The van der Waals surface area contributed by atoms with Gasteiger partial charge >= 0.3 is 6.09 Å². The van der Waals surface area contributed by atoms with Gasteiger partial charge in [-0.3, -0.25) is 15.0 Å². The van der Waals surface area contributed by atoms with E-state index in [1.54, 1.807) is 0 Å². The van der Waals surface area contributed by atoms with Crippen LogP contribution in [0.25, 0.3) is 0 Å². The first kappa shape index (κ1) is 19.9. The van der Waals surface area contributed by atoms with E-state index in [4.69, 9.17) is 14.2 Å². The Hall–Kier alpha value is -2.90. The molecule has 0 fully saturated rings. The Kier molecular flexibility index (Phi) is 7.00. The molecule has 1 heterocycles. The number of benzene rings is 2. The average Bonchev–Trinajstić information content (AvgIpc) is 2.72. The Morgan fingerprint density at radius 2 is 1.82 bits per heavy atom. The van der Waals surface area contributed by atoms with Crippen LogP contribution in [0.2, 0.25) is 0 Å². The number of hydrogen-bond acceptors (Lipinski definition) is 5. The first-order chi connectivity index (χ1) is 13.7. The number of nitrogens with zero attached hydrogens (tertiary/aromatic N) is 1. The van der Waals surface area contributed by atoms with Crippen LogP contribution in [0.15, 0.2) is 54.6 Å². The second-order valence-corrected chi connectivity index (χ2v) is 6.20. The molecule has 1 aliphatic heterocycles. The highest BCUT2D eigenvalue weighted by Gasteiger charge is 2.31.